The molecule has 3 heterocycles. The van der Waals surface area contributed by atoms with Crippen LogP contribution >= 0.6 is 34.0 Å². The number of hydrogen-bond acceptors (Lipinski definition) is 7. The van der Waals surface area contributed by atoms with Crippen LogP contribution in [0.1, 0.15) is 31.8 Å². The van der Waals surface area contributed by atoms with Crippen molar-refractivity contribution in [1.82, 2.24) is 0 Å². The Morgan fingerprint density at radius 2 is 0.927 bits per heavy atom. The standard InChI is InChI=1S/C30H20O8S3/c31-25(32)13-19-11-23(15-3-1-5-17(9-15)29(35)36)40-27(19)21-7-8-22(39-21)28-20(14-26(33)34)12-24(41-28)16-4-2-6-18(10-16)30(37)38/h1-12H,13-14H2,(H,31,32)(H,33,34)(H,35,36)(H,37,38). The molecule has 0 amide bonds. The average Bonchev–Trinajstić information content (AvgIpc) is 3.67. The summed E-state index contributed by atoms with van der Waals surface area (Å²) in [5, 5.41) is 37.8. The van der Waals surface area contributed by atoms with Gasteiger partial charge in [0.2, 0.25) is 0 Å². The Morgan fingerprint density at radius 1 is 0.512 bits per heavy atom. The fourth-order valence-electron chi connectivity index (χ4n) is 4.34. The van der Waals surface area contributed by atoms with Crippen LogP contribution in [0, 0.1) is 0 Å². The van der Waals surface area contributed by atoms with Gasteiger partial charge in [0.05, 0.1) is 24.0 Å². The SMILES string of the molecule is O=C(O)Cc1cc(-c2cccc(C(=O)O)c2)sc1-c1ccc(-c2sc(-c3cccc(C(=O)O)c3)cc2CC(=O)O)s1. The first-order chi connectivity index (χ1) is 19.6. The van der Waals surface area contributed by atoms with Gasteiger partial charge in [-0.15, -0.1) is 34.0 Å². The van der Waals surface area contributed by atoms with Crippen molar-refractivity contribution >= 4 is 57.9 Å². The predicted molar refractivity (Wildman–Crippen MR) is 158 cm³/mol. The van der Waals surface area contributed by atoms with E-state index < -0.39 is 23.9 Å². The van der Waals surface area contributed by atoms with Gasteiger partial charge in [-0.1, -0.05) is 24.3 Å². The van der Waals surface area contributed by atoms with Gasteiger partial charge in [-0.05, 0) is 70.8 Å². The number of carboxylic acid groups (broad SMARTS) is 4. The predicted octanol–water partition coefficient (Wildman–Crippen LogP) is 7.19. The smallest absolute Gasteiger partial charge is 0.335 e. The molecule has 3 aromatic heterocycles. The molecule has 5 rings (SSSR count). The van der Waals surface area contributed by atoms with Crippen LogP contribution in [-0.2, 0) is 22.4 Å². The summed E-state index contributed by atoms with van der Waals surface area (Å²) in [6.07, 6.45) is -0.434. The lowest BCUT2D eigenvalue weighted by Crippen LogP contribution is -1.99. The molecule has 11 heteroatoms. The van der Waals surface area contributed by atoms with E-state index in [1.807, 2.05) is 12.1 Å². The zero-order valence-electron chi connectivity index (χ0n) is 21.0. The lowest BCUT2D eigenvalue weighted by molar-refractivity contribution is -0.137. The van der Waals surface area contributed by atoms with Crippen molar-refractivity contribution in [2.45, 2.75) is 12.8 Å². The normalized spacial score (nSPS) is 10.9. The van der Waals surface area contributed by atoms with Gasteiger partial charge in [-0.2, -0.15) is 0 Å². The number of carboxylic acids is 4. The number of benzene rings is 2. The van der Waals surface area contributed by atoms with E-state index in [0.29, 0.717) is 22.3 Å². The van der Waals surface area contributed by atoms with Crippen molar-refractivity contribution in [2.75, 3.05) is 0 Å². The average molecular weight is 605 g/mol. The summed E-state index contributed by atoms with van der Waals surface area (Å²) in [5.41, 5.74) is 2.78. The molecule has 0 saturated carbocycles. The molecule has 0 fully saturated rings. The van der Waals surface area contributed by atoms with Crippen LogP contribution in [0.25, 0.3) is 40.4 Å². The van der Waals surface area contributed by atoms with E-state index in [2.05, 4.69) is 0 Å². The van der Waals surface area contributed by atoms with Gasteiger partial charge in [-0.25, -0.2) is 9.59 Å². The van der Waals surface area contributed by atoms with Gasteiger partial charge >= 0.3 is 23.9 Å². The Kier molecular flexibility index (Phi) is 7.84. The first-order valence-electron chi connectivity index (χ1n) is 12.1. The van der Waals surface area contributed by atoms with Crippen molar-refractivity contribution in [3.8, 4) is 40.4 Å². The Bertz CT molecular complexity index is 1690. The second-order valence-corrected chi connectivity index (χ2v) is 12.2. The maximum atomic E-state index is 11.7. The monoisotopic (exact) mass is 604 g/mol. The Balaban J connectivity index is 1.57. The fourth-order valence-corrected chi connectivity index (χ4v) is 7.99. The van der Waals surface area contributed by atoms with Crippen LogP contribution in [0.15, 0.2) is 72.8 Å². The third-order valence-electron chi connectivity index (χ3n) is 6.14. The van der Waals surface area contributed by atoms with Crippen molar-refractivity contribution in [3.63, 3.8) is 0 Å². The van der Waals surface area contributed by atoms with Gasteiger partial charge in [0.1, 0.15) is 0 Å². The number of hydrogen-bond donors (Lipinski definition) is 4. The number of thiophene rings is 3. The minimum atomic E-state index is -1.06. The highest BCUT2D eigenvalue weighted by atomic mass is 32.1. The van der Waals surface area contributed by atoms with E-state index in [4.69, 9.17) is 0 Å². The third kappa shape index (κ3) is 6.12. The molecule has 2 aromatic carbocycles. The molecule has 0 aliphatic carbocycles. The van der Waals surface area contributed by atoms with Crippen LogP contribution in [0.4, 0.5) is 0 Å². The van der Waals surface area contributed by atoms with Crippen LogP contribution in [0.3, 0.4) is 0 Å². The lowest BCUT2D eigenvalue weighted by Gasteiger charge is -2.00. The fraction of sp³-hybridized carbons (Fsp3) is 0.0667. The van der Waals surface area contributed by atoms with E-state index in [-0.39, 0.29) is 24.0 Å². The molecular formula is C30H20O8S3. The Hall–Kier alpha value is -4.58. The minimum Gasteiger partial charge on any atom is -0.481 e. The number of aliphatic carboxylic acids is 2. The van der Waals surface area contributed by atoms with E-state index in [9.17, 15) is 39.6 Å². The molecule has 0 unspecified atom stereocenters. The van der Waals surface area contributed by atoms with Gasteiger partial charge in [-0.3, -0.25) is 9.59 Å². The molecule has 0 bridgehead atoms. The van der Waals surface area contributed by atoms with E-state index in [1.54, 1.807) is 48.5 Å². The summed E-state index contributed by atoms with van der Waals surface area (Å²) in [6, 6.07) is 20.2. The summed E-state index contributed by atoms with van der Waals surface area (Å²) in [7, 11) is 0. The summed E-state index contributed by atoms with van der Waals surface area (Å²) < 4.78 is 0. The minimum absolute atomic E-state index is 0.129. The van der Waals surface area contributed by atoms with Crippen molar-refractivity contribution in [2.24, 2.45) is 0 Å². The molecular weight excluding hydrogens is 585 g/mol. The first-order valence-corrected chi connectivity index (χ1v) is 14.5. The van der Waals surface area contributed by atoms with Gasteiger partial charge in [0.25, 0.3) is 0 Å². The molecule has 8 nitrogen and oxygen atoms in total. The van der Waals surface area contributed by atoms with Crippen molar-refractivity contribution in [3.05, 3.63) is 95.1 Å². The quantitative estimate of drug-likeness (QED) is 0.131. The van der Waals surface area contributed by atoms with Crippen LogP contribution < -0.4 is 0 Å². The second kappa shape index (κ2) is 11.5. The number of aromatic carboxylic acids is 2. The van der Waals surface area contributed by atoms with E-state index in [0.717, 1.165) is 29.3 Å². The highest BCUT2D eigenvalue weighted by molar-refractivity contribution is 7.28. The summed E-state index contributed by atoms with van der Waals surface area (Å²) in [4.78, 5) is 50.8. The topological polar surface area (TPSA) is 149 Å². The maximum Gasteiger partial charge on any atom is 0.335 e. The number of rotatable bonds is 10. The molecule has 0 aliphatic heterocycles. The molecule has 5 aromatic rings. The van der Waals surface area contributed by atoms with E-state index in [1.165, 1.54) is 46.1 Å². The van der Waals surface area contributed by atoms with Gasteiger partial charge in [0.15, 0.2) is 0 Å². The maximum absolute atomic E-state index is 11.7. The molecule has 0 radical (unpaired) electrons. The molecule has 0 atom stereocenters. The van der Waals surface area contributed by atoms with Crippen molar-refractivity contribution < 1.29 is 39.6 Å². The third-order valence-corrected chi connectivity index (χ3v) is 10.0. The Morgan fingerprint density at radius 3 is 1.29 bits per heavy atom. The van der Waals surface area contributed by atoms with E-state index >= 15 is 0 Å². The zero-order valence-corrected chi connectivity index (χ0v) is 23.4. The first kappa shape index (κ1) is 28.0. The van der Waals surface area contributed by atoms with Crippen LogP contribution in [-0.4, -0.2) is 44.3 Å². The molecule has 4 N–H and O–H groups in total. The highest BCUT2D eigenvalue weighted by Crippen LogP contribution is 2.46. The molecule has 206 valence electrons. The van der Waals surface area contributed by atoms with Gasteiger partial charge < -0.3 is 20.4 Å². The molecule has 0 aliphatic rings. The molecule has 0 spiro atoms. The lowest BCUT2D eigenvalue weighted by atomic mass is 10.1. The Labute approximate surface area is 245 Å². The molecule has 0 saturated heterocycles. The van der Waals surface area contributed by atoms with Crippen LogP contribution in [0.2, 0.25) is 0 Å². The second-order valence-electron chi connectivity index (χ2n) is 9.01. The molecule has 41 heavy (non-hydrogen) atoms. The largest absolute Gasteiger partial charge is 0.481 e. The number of carbonyl (C=O) groups is 4. The summed E-state index contributed by atoms with van der Waals surface area (Å²) in [5.74, 6) is -4.11. The zero-order chi connectivity index (χ0) is 29.3. The van der Waals surface area contributed by atoms with Crippen LogP contribution in [0.5, 0.6) is 0 Å². The highest BCUT2D eigenvalue weighted by Gasteiger charge is 2.21. The summed E-state index contributed by atoms with van der Waals surface area (Å²) in [6.45, 7) is 0. The van der Waals surface area contributed by atoms with Gasteiger partial charge in [0, 0.05) is 29.3 Å². The van der Waals surface area contributed by atoms with Crippen molar-refractivity contribution in [1.29, 1.82) is 0 Å². The summed E-state index contributed by atoms with van der Waals surface area (Å²) >= 11 is 4.13.